The predicted octanol–water partition coefficient (Wildman–Crippen LogP) is 2.55. The van der Waals surface area contributed by atoms with Gasteiger partial charge in [0.2, 0.25) is 0 Å². The third-order valence-corrected chi connectivity index (χ3v) is 2.81. The van der Waals surface area contributed by atoms with Crippen molar-refractivity contribution in [2.45, 2.75) is 38.5 Å². The van der Waals surface area contributed by atoms with Crippen molar-refractivity contribution in [3.63, 3.8) is 0 Å². The van der Waals surface area contributed by atoms with Gasteiger partial charge in [0.1, 0.15) is 6.26 Å². The number of ether oxygens (including phenoxy) is 1. The summed E-state index contributed by atoms with van der Waals surface area (Å²) in [5.41, 5.74) is 0. The van der Waals surface area contributed by atoms with Crippen LogP contribution in [0.4, 0.5) is 0 Å². The number of rotatable bonds is 3. The van der Waals surface area contributed by atoms with E-state index < -0.39 is 0 Å². The summed E-state index contributed by atoms with van der Waals surface area (Å²) in [6.07, 6.45) is 7.97. The number of hydrogen-bond donors (Lipinski definition) is 0. The third kappa shape index (κ3) is 3.08. The lowest BCUT2D eigenvalue weighted by Crippen LogP contribution is -2.16. The first-order valence-electron chi connectivity index (χ1n) is 5.45. The highest BCUT2D eigenvalue weighted by molar-refractivity contribution is 5.72. The van der Waals surface area contributed by atoms with E-state index in [9.17, 15) is 4.79 Å². The lowest BCUT2D eigenvalue weighted by atomic mass is 9.87. The number of nitrogens with zero attached hydrogens (tertiary/aromatic N) is 1. The summed E-state index contributed by atoms with van der Waals surface area (Å²) in [5.74, 6) is 0.560. The fourth-order valence-corrected chi connectivity index (χ4v) is 2.04. The molecule has 1 aromatic heterocycles. The molecule has 2 rings (SSSR count). The summed E-state index contributed by atoms with van der Waals surface area (Å²) < 4.78 is 9.59. The van der Waals surface area contributed by atoms with Crippen LogP contribution in [0.1, 0.15) is 38.5 Å². The van der Waals surface area contributed by atoms with Gasteiger partial charge in [-0.2, -0.15) is 0 Å². The molecule has 1 aromatic rings. The first-order valence-corrected chi connectivity index (χ1v) is 5.45. The Morgan fingerprint density at radius 1 is 1.47 bits per heavy atom. The maximum Gasteiger partial charge on any atom is 0.312 e. The van der Waals surface area contributed by atoms with Crippen LogP contribution in [0.25, 0.3) is 0 Å². The van der Waals surface area contributed by atoms with Gasteiger partial charge in [-0.15, -0.1) is 0 Å². The van der Waals surface area contributed by atoms with Gasteiger partial charge in [0.15, 0.2) is 0 Å². The monoisotopic (exact) mass is 209 g/mol. The van der Waals surface area contributed by atoms with Gasteiger partial charge < -0.3 is 9.26 Å². The molecule has 1 fully saturated rings. The van der Waals surface area contributed by atoms with Crippen molar-refractivity contribution in [1.82, 2.24) is 5.16 Å². The van der Waals surface area contributed by atoms with E-state index in [-0.39, 0.29) is 11.8 Å². The highest BCUT2D eigenvalue weighted by atomic mass is 16.6. The van der Waals surface area contributed by atoms with E-state index in [0.29, 0.717) is 12.3 Å². The molecule has 0 bridgehead atoms. The van der Waals surface area contributed by atoms with Gasteiger partial charge in [-0.05, 0) is 23.9 Å². The molecule has 0 radical (unpaired) electrons. The van der Waals surface area contributed by atoms with E-state index in [2.05, 4.69) is 9.68 Å². The van der Waals surface area contributed by atoms with Crippen molar-refractivity contribution in [2.24, 2.45) is 5.92 Å². The minimum atomic E-state index is -0.198. The van der Waals surface area contributed by atoms with E-state index in [1.807, 2.05) is 0 Å². The van der Waals surface area contributed by atoms with Crippen molar-refractivity contribution in [1.29, 1.82) is 0 Å². The minimum Gasteiger partial charge on any atom is -0.404 e. The Balaban J connectivity index is 1.76. The maximum atomic E-state index is 11.5. The fourth-order valence-electron chi connectivity index (χ4n) is 2.04. The van der Waals surface area contributed by atoms with Gasteiger partial charge >= 0.3 is 5.97 Å². The predicted molar refractivity (Wildman–Crippen MR) is 53.3 cm³/mol. The lowest BCUT2D eigenvalue weighted by Gasteiger charge is -2.19. The van der Waals surface area contributed by atoms with Crippen LogP contribution in [0, 0.1) is 5.92 Å². The summed E-state index contributed by atoms with van der Waals surface area (Å²) >= 11 is 0. The van der Waals surface area contributed by atoms with Crippen molar-refractivity contribution >= 4 is 5.97 Å². The zero-order chi connectivity index (χ0) is 10.5. The van der Waals surface area contributed by atoms with Gasteiger partial charge in [-0.3, -0.25) is 4.79 Å². The normalized spacial score (nSPS) is 17.6. The van der Waals surface area contributed by atoms with Gasteiger partial charge in [-0.1, -0.05) is 19.3 Å². The van der Waals surface area contributed by atoms with Gasteiger partial charge in [0.05, 0.1) is 0 Å². The standard InChI is InChI=1S/C11H15NO3/c13-11(15-10-6-7-14-12-10)8-9-4-2-1-3-5-9/h6-7,9H,1-5,8H2. The van der Waals surface area contributed by atoms with E-state index in [4.69, 9.17) is 4.74 Å². The fraction of sp³-hybridized carbons (Fsp3) is 0.636. The highest BCUT2D eigenvalue weighted by Crippen LogP contribution is 2.26. The zero-order valence-corrected chi connectivity index (χ0v) is 8.65. The number of carbonyl (C=O) groups is 1. The first kappa shape index (κ1) is 10.2. The summed E-state index contributed by atoms with van der Waals surface area (Å²) in [6, 6.07) is 1.54. The van der Waals surface area contributed by atoms with Crippen LogP contribution in [-0.4, -0.2) is 11.1 Å². The van der Waals surface area contributed by atoms with Crippen LogP contribution < -0.4 is 4.74 Å². The molecule has 4 nitrogen and oxygen atoms in total. The Morgan fingerprint density at radius 2 is 2.27 bits per heavy atom. The molecule has 0 unspecified atom stereocenters. The molecule has 0 amide bonds. The number of carbonyl (C=O) groups excluding carboxylic acids is 1. The quantitative estimate of drug-likeness (QED) is 0.718. The molecule has 15 heavy (non-hydrogen) atoms. The van der Waals surface area contributed by atoms with E-state index in [0.717, 1.165) is 12.8 Å². The van der Waals surface area contributed by atoms with Crippen LogP contribution in [0.5, 0.6) is 5.88 Å². The third-order valence-electron chi connectivity index (χ3n) is 2.81. The molecule has 1 saturated carbocycles. The van der Waals surface area contributed by atoms with Crippen molar-refractivity contribution < 1.29 is 14.1 Å². The number of esters is 1. The number of aromatic nitrogens is 1. The second-order valence-electron chi connectivity index (χ2n) is 4.02. The van der Waals surface area contributed by atoms with E-state index >= 15 is 0 Å². The van der Waals surface area contributed by atoms with Crippen LogP contribution >= 0.6 is 0 Å². The largest absolute Gasteiger partial charge is 0.404 e. The summed E-state index contributed by atoms with van der Waals surface area (Å²) in [5, 5.41) is 3.53. The molecule has 1 aliphatic rings. The maximum absolute atomic E-state index is 11.5. The Morgan fingerprint density at radius 3 is 2.93 bits per heavy atom. The molecular weight excluding hydrogens is 194 g/mol. The Bertz CT molecular complexity index is 302. The van der Waals surface area contributed by atoms with Crippen LogP contribution in [0.3, 0.4) is 0 Å². The topological polar surface area (TPSA) is 52.3 Å². The first-order chi connectivity index (χ1) is 7.34. The molecule has 0 aliphatic heterocycles. The van der Waals surface area contributed by atoms with Gasteiger partial charge in [0.25, 0.3) is 5.88 Å². The molecule has 0 N–H and O–H groups in total. The van der Waals surface area contributed by atoms with Crippen LogP contribution in [0.2, 0.25) is 0 Å². The molecule has 82 valence electrons. The highest BCUT2D eigenvalue weighted by Gasteiger charge is 2.18. The van der Waals surface area contributed by atoms with Crippen molar-refractivity contribution in [2.75, 3.05) is 0 Å². The SMILES string of the molecule is O=C(CC1CCCCC1)Oc1ccon1. The average molecular weight is 209 g/mol. The molecular formula is C11H15NO3. The van der Waals surface area contributed by atoms with Crippen molar-refractivity contribution in [3.8, 4) is 5.88 Å². The molecule has 0 atom stereocenters. The van der Waals surface area contributed by atoms with Crippen molar-refractivity contribution in [3.05, 3.63) is 12.3 Å². The lowest BCUT2D eigenvalue weighted by molar-refractivity contribution is -0.136. The molecule has 0 saturated heterocycles. The molecule has 1 aliphatic carbocycles. The number of hydrogen-bond acceptors (Lipinski definition) is 4. The van der Waals surface area contributed by atoms with E-state index in [1.54, 1.807) is 6.07 Å². The Kier molecular flexibility index (Phi) is 3.37. The second kappa shape index (κ2) is 4.96. The summed E-state index contributed by atoms with van der Waals surface area (Å²) in [7, 11) is 0. The minimum absolute atomic E-state index is 0.198. The molecule has 4 heteroatoms. The molecule has 1 heterocycles. The van der Waals surface area contributed by atoms with Crippen LogP contribution in [0.15, 0.2) is 16.9 Å². The summed E-state index contributed by atoms with van der Waals surface area (Å²) in [4.78, 5) is 11.5. The van der Waals surface area contributed by atoms with Crippen LogP contribution in [-0.2, 0) is 4.79 Å². The summed E-state index contributed by atoms with van der Waals surface area (Å²) in [6.45, 7) is 0. The average Bonchev–Trinajstić information content (AvgIpc) is 2.71. The van der Waals surface area contributed by atoms with Gasteiger partial charge in [-0.25, -0.2) is 0 Å². The zero-order valence-electron chi connectivity index (χ0n) is 8.65. The molecule has 0 spiro atoms. The molecule has 0 aromatic carbocycles. The Hall–Kier alpha value is -1.32. The van der Waals surface area contributed by atoms with E-state index in [1.165, 1.54) is 25.5 Å². The van der Waals surface area contributed by atoms with Gasteiger partial charge in [0, 0.05) is 12.5 Å². The smallest absolute Gasteiger partial charge is 0.312 e. The second-order valence-corrected chi connectivity index (χ2v) is 4.02. The Labute approximate surface area is 88.6 Å².